The quantitative estimate of drug-likeness (QED) is 0.188. The van der Waals surface area contributed by atoms with Gasteiger partial charge in [0.25, 0.3) is 0 Å². The van der Waals surface area contributed by atoms with Crippen molar-refractivity contribution in [1.29, 1.82) is 0 Å². The molecule has 0 aliphatic carbocycles. The Morgan fingerprint density at radius 3 is 2.10 bits per heavy atom. The summed E-state index contributed by atoms with van der Waals surface area (Å²) in [5, 5.41) is 9.73. The van der Waals surface area contributed by atoms with Gasteiger partial charge >= 0.3 is 0 Å². The average Bonchev–Trinajstić information content (AvgIpc) is 3.85. The summed E-state index contributed by atoms with van der Waals surface area (Å²) >= 11 is 1.88. The van der Waals surface area contributed by atoms with Crippen LogP contribution >= 0.6 is 11.3 Å². The Morgan fingerprint density at radius 1 is 0.480 bits per heavy atom. The number of para-hydroxylation sites is 4. The SMILES string of the molecule is c1ccc(-n2c3ccccc3c3cccc(N(c4ccc5c(c4)oc4ccccc45)c4cccc5ccc6c7ccccc7sc6c45)c32)cc1. The van der Waals surface area contributed by atoms with Gasteiger partial charge < -0.3 is 13.9 Å². The fraction of sp³-hybridized carbons (Fsp3) is 0. The minimum atomic E-state index is 0.872. The Bertz CT molecular complexity index is 3110. The monoisotopic (exact) mass is 656 g/mol. The molecular weight excluding hydrogens is 629 g/mol. The summed E-state index contributed by atoms with van der Waals surface area (Å²) < 4.78 is 11.5. The van der Waals surface area contributed by atoms with E-state index in [0.29, 0.717) is 0 Å². The summed E-state index contributed by atoms with van der Waals surface area (Å²) in [6.45, 7) is 0. The Kier molecular flexibility index (Phi) is 5.83. The Labute approximate surface area is 291 Å². The van der Waals surface area contributed by atoms with Gasteiger partial charge in [0.15, 0.2) is 0 Å². The third kappa shape index (κ3) is 3.91. The highest BCUT2D eigenvalue weighted by Gasteiger charge is 2.24. The lowest BCUT2D eigenvalue weighted by Crippen LogP contribution is -2.12. The zero-order chi connectivity index (χ0) is 32.8. The molecule has 0 aliphatic heterocycles. The maximum Gasteiger partial charge on any atom is 0.137 e. The first-order chi connectivity index (χ1) is 24.8. The highest BCUT2D eigenvalue weighted by Crippen LogP contribution is 2.49. The molecular formula is C46H28N2OS. The van der Waals surface area contributed by atoms with Crippen molar-refractivity contribution in [3.8, 4) is 5.69 Å². The minimum absolute atomic E-state index is 0.872. The van der Waals surface area contributed by atoms with Crippen LogP contribution in [0.2, 0.25) is 0 Å². The second-order valence-corrected chi connectivity index (χ2v) is 13.9. The Hall–Kier alpha value is -6.36. The molecule has 0 spiro atoms. The molecule has 0 unspecified atom stereocenters. The molecule has 0 fully saturated rings. The molecule has 11 aromatic rings. The number of furan rings is 1. The number of fused-ring (bicyclic) bond motifs is 11. The van der Waals surface area contributed by atoms with E-state index in [2.05, 4.69) is 173 Å². The van der Waals surface area contributed by atoms with Crippen molar-refractivity contribution < 1.29 is 4.42 Å². The van der Waals surface area contributed by atoms with Gasteiger partial charge in [-0.2, -0.15) is 0 Å². The van der Waals surface area contributed by atoms with E-state index >= 15 is 0 Å². The van der Waals surface area contributed by atoms with Crippen molar-refractivity contribution >= 4 is 103 Å². The van der Waals surface area contributed by atoms with Gasteiger partial charge in [-0.1, -0.05) is 109 Å². The molecule has 3 heterocycles. The predicted octanol–water partition coefficient (Wildman–Crippen LogP) is 13.7. The van der Waals surface area contributed by atoms with Crippen molar-refractivity contribution in [1.82, 2.24) is 4.57 Å². The standard InChI is InChI=1S/C46H28N2OS/c1-2-13-30(14-3-1)48-38-19-7-4-15-32(38)36-18-11-21-40(45(36)48)47(31-25-27-34-33-16-5-8-22-41(33)49-42(34)28-31)39-20-10-12-29-24-26-37-35-17-6-9-23-43(35)50-46(37)44(29)39/h1-28H. The first-order valence-corrected chi connectivity index (χ1v) is 17.8. The highest BCUT2D eigenvalue weighted by atomic mass is 32.1. The van der Waals surface area contributed by atoms with Gasteiger partial charge in [-0.3, -0.25) is 0 Å². The van der Waals surface area contributed by atoms with Crippen LogP contribution in [0.15, 0.2) is 174 Å². The molecule has 11 rings (SSSR count). The molecule has 0 saturated carbocycles. The molecule has 50 heavy (non-hydrogen) atoms. The molecule has 3 nitrogen and oxygen atoms in total. The fourth-order valence-electron chi connectivity index (χ4n) is 8.01. The summed E-state index contributed by atoms with van der Waals surface area (Å²) in [6, 6.07) is 61.2. The van der Waals surface area contributed by atoms with Gasteiger partial charge in [0.1, 0.15) is 11.2 Å². The number of hydrogen-bond acceptors (Lipinski definition) is 3. The maximum absolute atomic E-state index is 6.51. The molecule has 0 amide bonds. The summed E-state index contributed by atoms with van der Waals surface area (Å²) in [5.74, 6) is 0. The molecule has 0 bridgehead atoms. The Morgan fingerprint density at radius 2 is 1.18 bits per heavy atom. The van der Waals surface area contributed by atoms with Crippen LogP contribution in [-0.4, -0.2) is 4.57 Å². The number of aromatic nitrogens is 1. The molecule has 0 N–H and O–H groups in total. The summed E-state index contributed by atoms with van der Waals surface area (Å²) in [7, 11) is 0. The number of thiophene rings is 1. The van der Waals surface area contributed by atoms with Gasteiger partial charge in [-0.25, -0.2) is 0 Å². The summed E-state index contributed by atoms with van der Waals surface area (Å²) in [5.41, 5.74) is 8.51. The van der Waals surface area contributed by atoms with Crippen molar-refractivity contribution in [3.63, 3.8) is 0 Å². The minimum Gasteiger partial charge on any atom is -0.456 e. The molecule has 0 atom stereocenters. The van der Waals surface area contributed by atoms with E-state index in [1.807, 2.05) is 17.4 Å². The van der Waals surface area contributed by atoms with Crippen LogP contribution in [0.5, 0.6) is 0 Å². The largest absolute Gasteiger partial charge is 0.456 e. The van der Waals surface area contributed by atoms with Crippen LogP contribution in [0.25, 0.3) is 80.4 Å². The number of nitrogens with zero attached hydrogens (tertiary/aromatic N) is 2. The first-order valence-electron chi connectivity index (χ1n) is 16.9. The molecule has 8 aromatic carbocycles. The summed E-state index contributed by atoms with van der Waals surface area (Å²) in [4.78, 5) is 2.46. The number of benzene rings is 8. The van der Waals surface area contributed by atoms with Crippen LogP contribution in [0, 0.1) is 0 Å². The Balaban J connectivity index is 1.30. The average molecular weight is 657 g/mol. The zero-order valence-corrected chi connectivity index (χ0v) is 27.7. The topological polar surface area (TPSA) is 21.3 Å². The molecule has 0 aliphatic rings. The zero-order valence-electron chi connectivity index (χ0n) is 26.9. The number of anilines is 3. The van der Waals surface area contributed by atoms with Gasteiger partial charge in [0, 0.05) is 64.5 Å². The van der Waals surface area contributed by atoms with Gasteiger partial charge in [-0.15, -0.1) is 11.3 Å². The van der Waals surface area contributed by atoms with E-state index in [1.165, 1.54) is 47.2 Å². The smallest absolute Gasteiger partial charge is 0.137 e. The van der Waals surface area contributed by atoms with Crippen molar-refractivity contribution in [3.05, 3.63) is 170 Å². The third-order valence-corrected chi connectivity index (χ3v) is 11.4. The lowest BCUT2D eigenvalue weighted by atomic mass is 10.0. The van der Waals surface area contributed by atoms with Crippen LogP contribution in [0.4, 0.5) is 17.1 Å². The molecule has 0 radical (unpaired) electrons. The molecule has 234 valence electrons. The molecule has 0 saturated heterocycles. The lowest BCUT2D eigenvalue weighted by Gasteiger charge is -2.28. The van der Waals surface area contributed by atoms with E-state index in [-0.39, 0.29) is 0 Å². The molecule has 4 heteroatoms. The third-order valence-electron chi connectivity index (χ3n) is 10.2. The number of rotatable bonds is 4. The van der Waals surface area contributed by atoms with Gasteiger partial charge in [0.05, 0.1) is 22.4 Å². The van der Waals surface area contributed by atoms with E-state index in [1.54, 1.807) is 0 Å². The van der Waals surface area contributed by atoms with Crippen LogP contribution in [0.1, 0.15) is 0 Å². The molecule has 3 aromatic heterocycles. The van der Waals surface area contributed by atoms with E-state index < -0.39 is 0 Å². The lowest BCUT2D eigenvalue weighted by molar-refractivity contribution is 0.669. The first kappa shape index (κ1) is 27.6. The van der Waals surface area contributed by atoms with Crippen LogP contribution in [0.3, 0.4) is 0 Å². The maximum atomic E-state index is 6.51. The van der Waals surface area contributed by atoms with Crippen LogP contribution in [-0.2, 0) is 0 Å². The van der Waals surface area contributed by atoms with Crippen molar-refractivity contribution in [2.24, 2.45) is 0 Å². The second-order valence-electron chi connectivity index (χ2n) is 12.9. The van der Waals surface area contributed by atoms with E-state index in [4.69, 9.17) is 4.42 Å². The second kappa shape index (κ2) is 10.6. The fourth-order valence-corrected chi connectivity index (χ4v) is 9.27. The van der Waals surface area contributed by atoms with Gasteiger partial charge in [0.2, 0.25) is 0 Å². The normalized spacial score (nSPS) is 12.0. The van der Waals surface area contributed by atoms with E-state index in [0.717, 1.165) is 50.2 Å². The van der Waals surface area contributed by atoms with E-state index in [9.17, 15) is 0 Å². The summed E-state index contributed by atoms with van der Waals surface area (Å²) in [6.07, 6.45) is 0. The van der Waals surface area contributed by atoms with Gasteiger partial charge in [-0.05, 0) is 60.0 Å². The highest BCUT2D eigenvalue weighted by molar-refractivity contribution is 7.26. The number of hydrogen-bond donors (Lipinski definition) is 0. The van der Waals surface area contributed by atoms with Crippen molar-refractivity contribution in [2.75, 3.05) is 4.90 Å². The van der Waals surface area contributed by atoms with Crippen molar-refractivity contribution in [2.45, 2.75) is 0 Å². The predicted molar refractivity (Wildman–Crippen MR) is 213 cm³/mol. The van der Waals surface area contributed by atoms with Crippen LogP contribution < -0.4 is 4.90 Å².